The quantitative estimate of drug-likeness (QED) is 0.222. The number of para-hydroxylation sites is 1. The summed E-state index contributed by atoms with van der Waals surface area (Å²) in [5, 5.41) is 2.62. The number of nitrogens with one attached hydrogen (secondary N) is 2. The molecule has 0 saturated heterocycles. The molecule has 1 aromatic heterocycles. The second-order valence-electron chi connectivity index (χ2n) is 10.7. The number of rotatable bonds is 10. The average molecular weight is 660 g/mol. The van der Waals surface area contributed by atoms with Gasteiger partial charge in [0.15, 0.2) is 0 Å². The molecule has 0 radical (unpaired) electrons. The molecule has 2 N–H and O–H groups in total. The molecule has 5 aromatic rings. The van der Waals surface area contributed by atoms with Gasteiger partial charge in [0.25, 0.3) is 25.6 Å². The van der Waals surface area contributed by atoms with Crippen molar-refractivity contribution in [1.82, 2.24) is 9.36 Å². The van der Waals surface area contributed by atoms with Gasteiger partial charge in [-0.05, 0) is 92.6 Å². The van der Waals surface area contributed by atoms with Gasteiger partial charge in [-0.25, -0.2) is 25.8 Å². The predicted octanol–water partition coefficient (Wildman–Crippen LogP) is 4.74. The maximum Gasteiger partial charge on any atom is 0.296 e. The van der Waals surface area contributed by atoms with Crippen LogP contribution in [0.5, 0.6) is 0 Å². The molecular weight excluding hydrogens is 627 g/mol. The maximum atomic E-state index is 13.9. The van der Waals surface area contributed by atoms with Crippen molar-refractivity contribution in [3.8, 4) is 5.69 Å². The minimum absolute atomic E-state index is 0.0293. The van der Waals surface area contributed by atoms with Crippen molar-refractivity contribution in [1.29, 1.82) is 0 Å². The van der Waals surface area contributed by atoms with Crippen molar-refractivity contribution in [2.24, 2.45) is 7.05 Å². The number of hydrogen-bond donors (Lipinski definition) is 2. The number of aromatic nitrogens is 2. The zero-order valence-electron chi connectivity index (χ0n) is 25.6. The Morgan fingerprint density at radius 3 is 1.93 bits per heavy atom. The summed E-state index contributed by atoms with van der Waals surface area (Å²) in [5.74, 6) is -0.739. The Balaban J connectivity index is 1.44. The van der Waals surface area contributed by atoms with Gasteiger partial charge in [-0.15, -0.1) is 0 Å². The van der Waals surface area contributed by atoms with E-state index in [1.807, 2.05) is 19.9 Å². The summed E-state index contributed by atoms with van der Waals surface area (Å²) < 4.78 is 60.0. The highest BCUT2D eigenvalue weighted by molar-refractivity contribution is 7.93. The van der Waals surface area contributed by atoms with Crippen molar-refractivity contribution in [3.63, 3.8) is 0 Å². The van der Waals surface area contributed by atoms with Gasteiger partial charge < -0.3 is 5.32 Å². The molecule has 0 saturated carbocycles. The molecule has 0 spiro atoms. The second kappa shape index (κ2) is 12.7. The van der Waals surface area contributed by atoms with E-state index in [1.165, 1.54) is 45.8 Å². The van der Waals surface area contributed by atoms with E-state index < -0.39 is 38.1 Å². The summed E-state index contributed by atoms with van der Waals surface area (Å²) in [5.41, 5.74) is 2.67. The highest BCUT2D eigenvalue weighted by Crippen LogP contribution is 2.26. The van der Waals surface area contributed by atoms with E-state index in [9.17, 15) is 26.4 Å². The molecule has 1 amide bonds. The van der Waals surface area contributed by atoms with Crippen LogP contribution in [0, 0.1) is 20.8 Å². The Morgan fingerprint density at radius 1 is 0.739 bits per heavy atom. The van der Waals surface area contributed by atoms with Crippen molar-refractivity contribution in [3.05, 3.63) is 130 Å². The van der Waals surface area contributed by atoms with Gasteiger partial charge in [-0.3, -0.25) is 19.0 Å². The van der Waals surface area contributed by atoms with Gasteiger partial charge in [-0.2, -0.15) is 0 Å². The van der Waals surface area contributed by atoms with Gasteiger partial charge >= 0.3 is 0 Å². The lowest BCUT2D eigenvalue weighted by atomic mass is 10.1. The van der Waals surface area contributed by atoms with Crippen LogP contribution in [0.25, 0.3) is 5.69 Å². The minimum atomic E-state index is -4.38. The van der Waals surface area contributed by atoms with E-state index in [4.69, 9.17) is 0 Å². The van der Waals surface area contributed by atoms with Crippen LogP contribution in [-0.4, -0.2) is 38.7 Å². The highest BCUT2D eigenvalue weighted by Gasteiger charge is 2.33. The molecule has 0 fully saturated rings. The largest absolute Gasteiger partial charge is 0.325 e. The fourth-order valence-electron chi connectivity index (χ4n) is 4.91. The number of carbonyl (C=O) groups excluding carboxylic acids is 1. The molecule has 5 rings (SSSR count). The topological polar surface area (TPSA) is 140 Å². The van der Waals surface area contributed by atoms with Crippen LogP contribution in [0.15, 0.2) is 118 Å². The monoisotopic (exact) mass is 659 g/mol. The number of nitrogens with zero attached hydrogens (tertiary/aromatic N) is 3. The Labute approximate surface area is 267 Å². The van der Waals surface area contributed by atoms with Crippen molar-refractivity contribution in [2.45, 2.75) is 30.6 Å². The normalized spacial score (nSPS) is 11.7. The van der Waals surface area contributed by atoms with Crippen molar-refractivity contribution < 1.29 is 21.6 Å². The zero-order chi connectivity index (χ0) is 33.2. The third-order valence-corrected chi connectivity index (χ3v) is 10.8. The lowest BCUT2D eigenvalue weighted by Gasteiger charge is -2.23. The molecule has 238 valence electrons. The van der Waals surface area contributed by atoms with Crippen LogP contribution in [0.1, 0.15) is 16.8 Å². The zero-order valence-corrected chi connectivity index (χ0v) is 27.3. The van der Waals surface area contributed by atoms with Gasteiger partial charge in [0.2, 0.25) is 5.91 Å². The number of aryl methyl sites for hydroxylation is 2. The number of anilines is 3. The van der Waals surface area contributed by atoms with Crippen molar-refractivity contribution >= 4 is 43.0 Å². The van der Waals surface area contributed by atoms with Crippen molar-refractivity contribution in [2.75, 3.05) is 20.9 Å². The summed E-state index contributed by atoms with van der Waals surface area (Å²) in [6, 6.07) is 27.0. The number of amides is 1. The van der Waals surface area contributed by atoms with E-state index >= 15 is 0 Å². The van der Waals surface area contributed by atoms with E-state index in [2.05, 4.69) is 10.0 Å². The van der Waals surface area contributed by atoms with Crippen LogP contribution < -0.4 is 19.9 Å². The third-order valence-electron chi connectivity index (χ3n) is 7.60. The number of hydrogen-bond acceptors (Lipinski definition) is 6. The minimum Gasteiger partial charge on any atom is -0.325 e. The molecule has 46 heavy (non-hydrogen) atoms. The fraction of sp³-hybridized carbons (Fsp3) is 0.152. The molecule has 0 atom stereocenters. The number of sulfonamides is 2. The average Bonchev–Trinajstić information content (AvgIpc) is 3.25. The maximum absolute atomic E-state index is 13.9. The smallest absolute Gasteiger partial charge is 0.296 e. The van der Waals surface area contributed by atoms with E-state index in [0.29, 0.717) is 17.1 Å². The molecule has 1 heterocycles. The Hall–Kier alpha value is -5.14. The van der Waals surface area contributed by atoms with Crippen LogP contribution in [-0.2, 0) is 31.9 Å². The summed E-state index contributed by atoms with van der Waals surface area (Å²) in [4.78, 5) is 27.1. The first-order chi connectivity index (χ1) is 21.8. The van der Waals surface area contributed by atoms with Crippen LogP contribution in [0.2, 0.25) is 0 Å². The lowest BCUT2D eigenvalue weighted by molar-refractivity contribution is -0.114. The molecule has 0 aliphatic carbocycles. The van der Waals surface area contributed by atoms with Crippen LogP contribution in [0.3, 0.4) is 0 Å². The van der Waals surface area contributed by atoms with Crippen LogP contribution >= 0.6 is 0 Å². The number of benzene rings is 4. The molecule has 0 bridgehead atoms. The van der Waals surface area contributed by atoms with E-state index in [-0.39, 0.29) is 21.2 Å². The molecule has 11 nitrogen and oxygen atoms in total. The highest BCUT2D eigenvalue weighted by atomic mass is 32.2. The Bertz CT molecular complexity index is 2180. The van der Waals surface area contributed by atoms with Gasteiger partial charge in [0, 0.05) is 18.4 Å². The third kappa shape index (κ3) is 6.46. The standard InChI is InChI=1S/C33H33N5O6S2/c1-23-15-16-27(21-24(23)2)35-45(41,42)29-19-17-26(18-20-29)34-31(39)22-37(46(43,44)30-13-9-6-10-14-30)32-25(3)36(4)38(33(32)40)28-11-7-5-8-12-28/h5-21,35H,22H2,1-4H3,(H,34,39). The summed E-state index contributed by atoms with van der Waals surface area (Å²) in [6.45, 7) is 4.69. The number of carbonyl (C=O) groups is 1. The summed E-state index contributed by atoms with van der Waals surface area (Å²) in [6.07, 6.45) is 0. The first-order valence-electron chi connectivity index (χ1n) is 14.2. The van der Waals surface area contributed by atoms with E-state index in [1.54, 1.807) is 74.6 Å². The molecule has 4 aromatic carbocycles. The molecule has 0 aliphatic rings. The molecule has 0 aliphatic heterocycles. The second-order valence-corrected chi connectivity index (χ2v) is 14.3. The molecular formula is C33H33N5O6S2. The van der Waals surface area contributed by atoms with Crippen LogP contribution in [0.4, 0.5) is 17.1 Å². The molecule has 0 unspecified atom stereocenters. The van der Waals surface area contributed by atoms with E-state index in [0.717, 1.165) is 15.4 Å². The molecule has 13 heteroatoms. The SMILES string of the molecule is Cc1ccc(NS(=O)(=O)c2ccc(NC(=O)CN(c3c(C)n(C)n(-c4ccccc4)c3=O)S(=O)(=O)c3ccccc3)cc2)cc1C. The lowest BCUT2D eigenvalue weighted by Crippen LogP contribution is -2.41. The summed E-state index contributed by atoms with van der Waals surface area (Å²) >= 11 is 0. The first kappa shape index (κ1) is 32.3. The van der Waals surface area contributed by atoms with Gasteiger partial charge in [-0.1, -0.05) is 42.5 Å². The van der Waals surface area contributed by atoms with Gasteiger partial charge in [0.05, 0.1) is 21.2 Å². The fourth-order valence-corrected chi connectivity index (χ4v) is 7.46. The first-order valence-corrected chi connectivity index (χ1v) is 17.1. The predicted molar refractivity (Wildman–Crippen MR) is 179 cm³/mol. The Kier molecular flexibility index (Phi) is 8.90. The Morgan fingerprint density at radius 2 is 1.33 bits per heavy atom. The van der Waals surface area contributed by atoms with Gasteiger partial charge in [0.1, 0.15) is 12.2 Å². The summed E-state index contributed by atoms with van der Waals surface area (Å²) in [7, 11) is -6.66.